The fourth-order valence-corrected chi connectivity index (χ4v) is 10.1. The molecule has 6 heterocycles. The number of carbonyl (C=O) groups excluding carboxylic acids is 1. The van der Waals surface area contributed by atoms with Crippen LogP contribution in [0.5, 0.6) is 11.5 Å². The number of alkyl halides is 4. The summed E-state index contributed by atoms with van der Waals surface area (Å²) in [6, 6.07) is 4.43. The number of hydrogen-bond acceptors (Lipinski definition) is 13. The zero-order valence-corrected chi connectivity index (χ0v) is 40.6. The number of ether oxygens (including phenoxy) is 3. The molecule has 0 spiro atoms. The van der Waals surface area contributed by atoms with Crippen LogP contribution in [0.1, 0.15) is 103 Å². The van der Waals surface area contributed by atoms with Gasteiger partial charge in [-0.25, -0.2) is 51.1 Å². The average Bonchev–Trinajstić information content (AvgIpc) is 4.10. The molecule has 2 fully saturated rings. The number of aryl methyl sites for hydroxylation is 2. The van der Waals surface area contributed by atoms with Crippen molar-refractivity contribution < 1.29 is 65.8 Å². The van der Waals surface area contributed by atoms with Crippen molar-refractivity contribution in [2.45, 2.75) is 141 Å². The van der Waals surface area contributed by atoms with Crippen molar-refractivity contribution in [1.29, 1.82) is 0 Å². The molecule has 0 saturated heterocycles. The van der Waals surface area contributed by atoms with Gasteiger partial charge < -0.3 is 54.0 Å². The number of benzene rings is 2. The molecule has 0 radical (unpaired) electrons. The van der Waals surface area contributed by atoms with Crippen LogP contribution in [0.4, 0.5) is 31.1 Å². The molecule has 23 heteroatoms. The minimum atomic E-state index is -3.09. The highest BCUT2D eigenvalue weighted by atomic mass is 35.5. The Kier molecular flexibility index (Phi) is 15.0. The SMILES string of the molecule is Cc1ncnc2c1ccn2[C@@H]1C[C@H](Oc2cc(C(F)F)c(F)c3c2CN(C(=O)OC(C)(C)C)CC3)[C@@H](O)[C@H]1O.Cc1ncnc2c1ccn2[C@@H]1C[C@H](Oc2cc(C(F)F)c(F)c3c2CNCC3)[C@@H](O)[C@H]1O.Cl. The molecule has 72 heavy (non-hydrogen) atoms. The van der Waals surface area contributed by atoms with Crippen LogP contribution in [0.3, 0.4) is 0 Å². The summed E-state index contributed by atoms with van der Waals surface area (Å²) in [5.41, 5.74) is 1.41. The van der Waals surface area contributed by atoms with Crippen LogP contribution < -0.4 is 14.8 Å². The molecule has 4 aliphatic rings. The zero-order chi connectivity index (χ0) is 50.8. The van der Waals surface area contributed by atoms with Crippen molar-refractivity contribution >= 4 is 40.6 Å². The molecule has 2 aliphatic heterocycles. The molecule has 5 N–H and O–H groups in total. The van der Waals surface area contributed by atoms with E-state index >= 15 is 4.39 Å². The van der Waals surface area contributed by atoms with Crippen molar-refractivity contribution in [2.24, 2.45) is 0 Å². The molecule has 8 atom stereocenters. The first-order chi connectivity index (χ1) is 33.7. The summed E-state index contributed by atoms with van der Waals surface area (Å²) >= 11 is 0. The quantitative estimate of drug-likeness (QED) is 0.0958. The molecule has 2 aliphatic carbocycles. The van der Waals surface area contributed by atoms with Gasteiger partial charge in [-0.2, -0.15) is 0 Å². The van der Waals surface area contributed by atoms with Crippen LogP contribution in [0.15, 0.2) is 49.3 Å². The van der Waals surface area contributed by atoms with Crippen molar-refractivity contribution in [3.63, 3.8) is 0 Å². The smallest absolute Gasteiger partial charge is 0.410 e. The second-order valence-corrected chi connectivity index (χ2v) is 19.4. The van der Waals surface area contributed by atoms with Crippen molar-refractivity contribution in [2.75, 3.05) is 13.1 Å². The van der Waals surface area contributed by atoms with E-state index in [4.69, 9.17) is 14.2 Å². The highest BCUT2D eigenvalue weighted by molar-refractivity contribution is 5.85. The van der Waals surface area contributed by atoms with Crippen molar-refractivity contribution in [1.82, 2.24) is 39.3 Å². The molecule has 6 aromatic rings. The molecule has 2 aromatic carbocycles. The maximum atomic E-state index is 15.1. The van der Waals surface area contributed by atoms with Crippen LogP contribution in [0.25, 0.3) is 22.1 Å². The predicted octanol–water partition coefficient (Wildman–Crippen LogP) is 7.22. The highest BCUT2D eigenvalue weighted by Crippen LogP contribution is 2.43. The third-order valence-corrected chi connectivity index (χ3v) is 13.8. The van der Waals surface area contributed by atoms with Gasteiger partial charge in [-0.1, -0.05) is 0 Å². The topological polar surface area (TPSA) is 202 Å². The first-order valence-electron chi connectivity index (χ1n) is 23.3. The fraction of sp³-hybridized carbons (Fsp3) is 0.490. The number of halogens is 7. The van der Waals surface area contributed by atoms with Crippen LogP contribution in [0.2, 0.25) is 0 Å². The van der Waals surface area contributed by atoms with Crippen molar-refractivity contribution in [3.8, 4) is 11.5 Å². The van der Waals surface area contributed by atoms with E-state index in [1.807, 2.05) is 26.0 Å². The lowest BCUT2D eigenvalue weighted by Gasteiger charge is -2.33. The van der Waals surface area contributed by atoms with Crippen LogP contribution >= 0.6 is 12.4 Å². The Hall–Kier alpha value is -5.78. The van der Waals surface area contributed by atoms with Crippen molar-refractivity contribution in [3.05, 3.63) is 106 Å². The van der Waals surface area contributed by atoms with Gasteiger partial charge in [-0.3, -0.25) is 0 Å². The Labute approximate surface area is 415 Å². The van der Waals surface area contributed by atoms with E-state index in [-0.39, 0.29) is 85.9 Å². The van der Waals surface area contributed by atoms with E-state index in [1.54, 1.807) is 42.3 Å². The minimum Gasteiger partial charge on any atom is -0.487 e. The van der Waals surface area contributed by atoms with E-state index in [2.05, 4.69) is 25.3 Å². The molecular formula is C49H55ClF6N8O8. The number of fused-ring (bicyclic) bond motifs is 4. The number of hydrogen-bond donors (Lipinski definition) is 5. The summed E-state index contributed by atoms with van der Waals surface area (Å²) in [5, 5.41) is 48.0. The summed E-state index contributed by atoms with van der Waals surface area (Å²) in [6.07, 6.45) is -6.63. The first-order valence-corrected chi connectivity index (χ1v) is 23.3. The van der Waals surface area contributed by atoms with Gasteiger partial charge in [0, 0.05) is 60.2 Å². The molecule has 0 bridgehead atoms. The summed E-state index contributed by atoms with van der Waals surface area (Å²) in [6.45, 7) is 9.56. The Morgan fingerprint density at radius 1 is 0.708 bits per heavy atom. The number of aromatic nitrogens is 6. The number of nitrogens with zero attached hydrogens (tertiary/aromatic N) is 7. The number of aliphatic hydroxyl groups excluding tert-OH is 4. The molecule has 388 valence electrons. The molecular weight excluding hydrogens is 978 g/mol. The van der Waals surface area contributed by atoms with Gasteiger partial charge in [0.1, 0.15) is 89.3 Å². The number of carbonyl (C=O) groups is 1. The second-order valence-electron chi connectivity index (χ2n) is 19.4. The highest BCUT2D eigenvalue weighted by Gasteiger charge is 2.47. The maximum absolute atomic E-state index is 15.1. The fourth-order valence-electron chi connectivity index (χ4n) is 10.1. The monoisotopic (exact) mass is 1030 g/mol. The largest absolute Gasteiger partial charge is 0.487 e. The van der Waals surface area contributed by atoms with E-state index in [0.29, 0.717) is 23.4 Å². The Bertz CT molecular complexity index is 2970. The number of rotatable bonds is 8. The van der Waals surface area contributed by atoms with Gasteiger partial charge in [0.05, 0.1) is 41.1 Å². The maximum Gasteiger partial charge on any atom is 0.410 e. The summed E-state index contributed by atoms with van der Waals surface area (Å²) in [7, 11) is 0. The van der Waals surface area contributed by atoms with Gasteiger partial charge in [-0.05, 0) is 89.4 Å². The second kappa shape index (κ2) is 20.6. The van der Waals surface area contributed by atoms with Crippen LogP contribution in [-0.4, -0.2) is 116 Å². The summed E-state index contributed by atoms with van der Waals surface area (Å²) in [5.74, 6) is -1.89. The van der Waals surface area contributed by atoms with E-state index in [1.165, 1.54) is 17.6 Å². The van der Waals surface area contributed by atoms with Gasteiger partial charge in [-0.15, -0.1) is 12.4 Å². The molecule has 10 rings (SSSR count). The molecule has 2 saturated carbocycles. The predicted molar refractivity (Wildman–Crippen MR) is 250 cm³/mol. The van der Waals surface area contributed by atoms with E-state index < -0.39 is 96.0 Å². The zero-order valence-electron chi connectivity index (χ0n) is 39.8. The third-order valence-electron chi connectivity index (χ3n) is 13.8. The Balaban J connectivity index is 0.000000193. The molecule has 0 unspecified atom stereocenters. The number of nitrogens with one attached hydrogen (secondary N) is 1. The number of aliphatic hydroxyl groups is 4. The normalized spacial score (nSPS) is 24.0. The van der Waals surface area contributed by atoms with Gasteiger partial charge in [0.15, 0.2) is 0 Å². The lowest BCUT2D eigenvalue weighted by molar-refractivity contribution is -0.0170. The number of amides is 1. The Morgan fingerprint density at radius 3 is 1.65 bits per heavy atom. The van der Waals surface area contributed by atoms with Gasteiger partial charge >= 0.3 is 6.09 Å². The van der Waals surface area contributed by atoms with E-state index in [0.717, 1.165) is 34.3 Å². The average molecular weight is 1030 g/mol. The van der Waals surface area contributed by atoms with Gasteiger partial charge in [0.25, 0.3) is 12.9 Å². The summed E-state index contributed by atoms with van der Waals surface area (Å²) < 4.78 is 105. The minimum absolute atomic E-state index is 0. The standard InChI is InChI=1S/C27H31F3N4O5.C22H23F3N4O3.ClH/c1-13-14-6-8-34(25(14)32-12-31-13)18-10-20(23(36)22(18)35)38-19-9-16(24(29)30)21(28)15-5-7-33(11-17(15)19)26(37)39-27(2,3)4;1-10-11-3-5-29(22(11)28-9-27-10)15-7-17(20(31)19(15)30)32-16-6-13(21(24)25)18(23)12-2-4-26-8-14(12)16;/h6,8-9,12,18,20,22-24,35-36H,5,7,10-11H2,1-4H3;3,5-6,9,15,17,19-21,26,30-31H,2,4,7-8H2,1H3;1H/t18-,20+,22+,23-;15-,17+,19+,20-;/m11./s1. The van der Waals surface area contributed by atoms with Gasteiger partial charge in [0.2, 0.25) is 0 Å². The Morgan fingerprint density at radius 2 is 1.18 bits per heavy atom. The lowest BCUT2D eigenvalue weighted by atomic mass is 9.95. The molecule has 16 nitrogen and oxygen atoms in total. The van der Waals surface area contributed by atoms with Crippen LogP contribution in [-0.2, 0) is 30.7 Å². The lowest BCUT2D eigenvalue weighted by Crippen LogP contribution is -2.40. The molecule has 4 aromatic heterocycles. The van der Waals surface area contributed by atoms with E-state index in [9.17, 15) is 47.2 Å². The first kappa shape index (κ1) is 52.5. The third kappa shape index (κ3) is 9.88. The molecule has 1 amide bonds. The summed E-state index contributed by atoms with van der Waals surface area (Å²) in [4.78, 5) is 31.0. The van der Waals surface area contributed by atoms with Crippen LogP contribution in [0, 0.1) is 25.5 Å².